The molecule has 0 aliphatic rings. The number of halogens is 1. The van der Waals surface area contributed by atoms with Crippen LogP contribution in [0.3, 0.4) is 0 Å². The number of carbonyl (C=O) groups excluding carboxylic acids is 1. The third-order valence-corrected chi connectivity index (χ3v) is 3.60. The van der Waals surface area contributed by atoms with E-state index in [1.807, 2.05) is 34.7 Å². The first kappa shape index (κ1) is 18.8. The fourth-order valence-corrected chi connectivity index (χ4v) is 2.37. The van der Waals surface area contributed by atoms with Crippen LogP contribution in [0.5, 0.6) is 0 Å². The Hall–Kier alpha value is -2.57. The predicted octanol–water partition coefficient (Wildman–Crippen LogP) is 3.50. The number of carbonyl (C=O) groups is 1. The van der Waals surface area contributed by atoms with Crippen molar-refractivity contribution in [1.29, 1.82) is 0 Å². The lowest BCUT2D eigenvalue weighted by molar-refractivity contribution is 0.0523. The smallest absolute Gasteiger partial charge is 0.407 e. The number of anilines is 1. The summed E-state index contributed by atoms with van der Waals surface area (Å²) in [5.74, 6) is -0.258. The number of hydrogen-bond donors (Lipinski definition) is 2. The van der Waals surface area contributed by atoms with Gasteiger partial charge in [-0.1, -0.05) is 0 Å². The summed E-state index contributed by atoms with van der Waals surface area (Å²) < 4.78 is 20.2. The van der Waals surface area contributed by atoms with Gasteiger partial charge >= 0.3 is 6.09 Å². The number of rotatable bonds is 5. The second-order valence-corrected chi connectivity index (χ2v) is 6.91. The van der Waals surface area contributed by atoms with Crippen molar-refractivity contribution in [3.63, 3.8) is 0 Å². The summed E-state index contributed by atoms with van der Waals surface area (Å²) in [5, 5.41) is 10.3. The van der Waals surface area contributed by atoms with Crippen molar-refractivity contribution < 1.29 is 13.9 Å². The Morgan fingerprint density at radius 3 is 2.68 bits per heavy atom. The van der Waals surface area contributed by atoms with E-state index in [1.165, 1.54) is 12.1 Å². The van der Waals surface area contributed by atoms with E-state index in [-0.39, 0.29) is 5.82 Å². The van der Waals surface area contributed by atoms with Gasteiger partial charge in [-0.15, -0.1) is 0 Å². The molecule has 2 aromatic rings. The van der Waals surface area contributed by atoms with Gasteiger partial charge in [0.2, 0.25) is 0 Å². The molecule has 25 heavy (non-hydrogen) atoms. The van der Waals surface area contributed by atoms with Crippen LogP contribution in [0.4, 0.5) is 14.9 Å². The Bertz CT molecular complexity index is 750. The quantitative estimate of drug-likeness (QED) is 0.868. The van der Waals surface area contributed by atoms with Gasteiger partial charge in [-0.2, -0.15) is 5.10 Å². The highest BCUT2D eigenvalue weighted by atomic mass is 19.1. The average molecular weight is 348 g/mol. The van der Waals surface area contributed by atoms with Crippen LogP contribution in [0, 0.1) is 12.7 Å². The summed E-state index contributed by atoms with van der Waals surface area (Å²) >= 11 is 0. The van der Waals surface area contributed by atoms with Crippen LogP contribution in [0.2, 0.25) is 0 Å². The van der Waals surface area contributed by atoms with E-state index in [0.29, 0.717) is 13.1 Å². The summed E-state index contributed by atoms with van der Waals surface area (Å²) in [4.78, 5) is 11.8. The Morgan fingerprint density at radius 2 is 2.04 bits per heavy atom. The molecule has 2 N–H and O–H groups in total. The molecule has 0 spiro atoms. The fraction of sp³-hybridized carbons (Fsp3) is 0.444. The topological polar surface area (TPSA) is 68.2 Å². The molecule has 136 valence electrons. The maximum atomic E-state index is 13.2. The van der Waals surface area contributed by atoms with Crippen molar-refractivity contribution in [1.82, 2.24) is 15.1 Å². The van der Waals surface area contributed by atoms with Crippen molar-refractivity contribution in [3.05, 3.63) is 47.0 Å². The highest BCUT2D eigenvalue weighted by molar-refractivity contribution is 5.67. The van der Waals surface area contributed by atoms with Crippen molar-refractivity contribution >= 4 is 11.8 Å². The minimum absolute atomic E-state index is 0.258. The van der Waals surface area contributed by atoms with E-state index in [2.05, 4.69) is 15.7 Å². The molecule has 1 heterocycles. The van der Waals surface area contributed by atoms with Crippen LogP contribution in [-0.4, -0.2) is 21.5 Å². The highest BCUT2D eigenvalue weighted by Crippen LogP contribution is 2.18. The van der Waals surface area contributed by atoms with Gasteiger partial charge in [0.05, 0.1) is 18.4 Å². The first-order valence-electron chi connectivity index (χ1n) is 8.12. The number of aromatic nitrogens is 2. The van der Waals surface area contributed by atoms with E-state index < -0.39 is 11.7 Å². The minimum atomic E-state index is -0.538. The molecule has 6 nitrogen and oxygen atoms in total. The summed E-state index contributed by atoms with van der Waals surface area (Å²) in [5.41, 5.74) is 2.97. The summed E-state index contributed by atoms with van der Waals surface area (Å²) in [7, 11) is 1.84. The zero-order valence-corrected chi connectivity index (χ0v) is 15.3. The Balaban J connectivity index is 2.00. The highest BCUT2D eigenvalue weighted by Gasteiger charge is 2.17. The molecule has 0 radical (unpaired) electrons. The van der Waals surface area contributed by atoms with E-state index in [0.717, 1.165) is 22.5 Å². The zero-order chi connectivity index (χ0) is 18.6. The summed E-state index contributed by atoms with van der Waals surface area (Å²) in [6.45, 7) is 8.13. The van der Waals surface area contributed by atoms with E-state index in [4.69, 9.17) is 4.74 Å². The molecule has 0 fully saturated rings. The molecule has 0 aliphatic heterocycles. The van der Waals surface area contributed by atoms with Gasteiger partial charge in [-0.05, 0) is 51.5 Å². The van der Waals surface area contributed by atoms with E-state index in [9.17, 15) is 9.18 Å². The Labute approximate surface area is 147 Å². The van der Waals surface area contributed by atoms with E-state index >= 15 is 0 Å². The molecule has 1 aromatic heterocycles. The number of amides is 1. The van der Waals surface area contributed by atoms with Gasteiger partial charge in [-0.25, -0.2) is 9.18 Å². The molecule has 0 saturated carbocycles. The largest absolute Gasteiger partial charge is 0.444 e. The SMILES string of the molecule is Cc1cc(F)ccc1NCc1c(CNC(=O)OC(C)(C)C)cnn1C. The molecule has 0 unspecified atom stereocenters. The lowest BCUT2D eigenvalue weighted by atomic mass is 10.2. The minimum Gasteiger partial charge on any atom is -0.444 e. The predicted molar refractivity (Wildman–Crippen MR) is 94.7 cm³/mol. The maximum Gasteiger partial charge on any atom is 0.407 e. The molecule has 1 aromatic carbocycles. The van der Waals surface area contributed by atoms with Gasteiger partial charge in [0.25, 0.3) is 0 Å². The van der Waals surface area contributed by atoms with Crippen molar-refractivity contribution in [3.8, 4) is 0 Å². The monoisotopic (exact) mass is 348 g/mol. The molecule has 2 rings (SSSR count). The number of benzene rings is 1. The van der Waals surface area contributed by atoms with Crippen LogP contribution in [0.25, 0.3) is 0 Å². The van der Waals surface area contributed by atoms with Crippen LogP contribution in [-0.2, 0) is 24.9 Å². The normalized spacial score (nSPS) is 11.3. The van der Waals surface area contributed by atoms with Crippen LogP contribution in [0.1, 0.15) is 37.6 Å². The number of nitrogens with one attached hydrogen (secondary N) is 2. The molecule has 0 aliphatic carbocycles. The summed E-state index contributed by atoms with van der Waals surface area (Å²) in [6, 6.07) is 4.61. The third kappa shape index (κ3) is 5.48. The molecule has 0 atom stereocenters. The van der Waals surface area contributed by atoms with Gasteiger partial charge in [0, 0.05) is 24.8 Å². The second kappa shape index (κ2) is 7.55. The lowest BCUT2D eigenvalue weighted by Gasteiger charge is -2.19. The second-order valence-electron chi connectivity index (χ2n) is 6.91. The van der Waals surface area contributed by atoms with Gasteiger partial charge in [-0.3, -0.25) is 4.68 Å². The zero-order valence-electron chi connectivity index (χ0n) is 15.3. The van der Waals surface area contributed by atoms with E-state index in [1.54, 1.807) is 16.9 Å². The molecular formula is C18H25FN4O2. The number of aryl methyl sites for hydroxylation is 2. The first-order chi connectivity index (χ1) is 11.7. The molecule has 1 amide bonds. The van der Waals surface area contributed by atoms with Crippen LogP contribution >= 0.6 is 0 Å². The molecular weight excluding hydrogens is 323 g/mol. The third-order valence-electron chi connectivity index (χ3n) is 3.60. The first-order valence-corrected chi connectivity index (χ1v) is 8.12. The van der Waals surface area contributed by atoms with Crippen LogP contribution < -0.4 is 10.6 Å². The molecule has 7 heteroatoms. The van der Waals surface area contributed by atoms with Gasteiger partial charge < -0.3 is 15.4 Å². The van der Waals surface area contributed by atoms with Crippen molar-refractivity contribution in [2.75, 3.05) is 5.32 Å². The number of nitrogens with zero attached hydrogens (tertiary/aromatic N) is 2. The van der Waals surface area contributed by atoms with Crippen molar-refractivity contribution in [2.24, 2.45) is 7.05 Å². The fourth-order valence-electron chi connectivity index (χ4n) is 2.37. The van der Waals surface area contributed by atoms with Gasteiger partial charge in [0.15, 0.2) is 0 Å². The summed E-state index contributed by atoms with van der Waals surface area (Å²) in [6.07, 6.45) is 1.25. The Kier molecular flexibility index (Phi) is 5.66. The van der Waals surface area contributed by atoms with Gasteiger partial charge in [0.1, 0.15) is 11.4 Å². The van der Waals surface area contributed by atoms with Crippen molar-refractivity contribution in [2.45, 2.75) is 46.4 Å². The number of hydrogen-bond acceptors (Lipinski definition) is 4. The molecule has 0 bridgehead atoms. The Morgan fingerprint density at radius 1 is 1.32 bits per heavy atom. The van der Waals surface area contributed by atoms with Crippen LogP contribution in [0.15, 0.2) is 24.4 Å². The number of ether oxygens (including phenoxy) is 1. The maximum absolute atomic E-state index is 13.2. The average Bonchev–Trinajstić information content (AvgIpc) is 2.83. The number of alkyl carbamates (subject to hydrolysis) is 1. The lowest BCUT2D eigenvalue weighted by Crippen LogP contribution is -2.32. The molecule has 0 saturated heterocycles. The standard InChI is InChI=1S/C18H25FN4O2/c1-12-8-14(19)6-7-15(12)20-11-16-13(10-22-23(16)5)9-21-17(24)25-18(2,3)4/h6-8,10,20H,9,11H2,1-5H3,(H,21,24).